The van der Waals surface area contributed by atoms with Gasteiger partial charge >= 0.3 is 0 Å². The van der Waals surface area contributed by atoms with Crippen LogP contribution in [0.3, 0.4) is 0 Å². The number of benzene rings is 2. The Hall–Kier alpha value is -2.16. The van der Waals surface area contributed by atoms with E-state index in [0.29, 0.717) is 27.1 Å². The lowest BCUT2D eigenvalue weighted by atomic mass is 10.0. The van der Waals surface area contributed by atoms with Gasteiger partial charge in [0.2, 0.25) is 18.3 Å². The molecule has 1 aliphatic heterocycles. The summed E-state index contributed by atoms with van der Waals surface area (Å²) in [6, 6.07) is 18.4. The normalized spacial score (nSPS) is 15.3. The lowest BCUT2D eigenvalue weighted by Gasteiger charge is -2.32. The molecule has 0 saturated heterocycles. The van der Waals surface area contributed by atoms with E-state index in [9.17, 15) is 9.59 Å². The molecule has 8 heteroatoms. The van der Waals surface area contributed by atoms with Crippen LogP contribution in [0.25, 0.3) is 0 Å². The largest absolute Gasteiger partial charge is 1.00 e. The van der Waals surface area contributed by atoms with Gasteiger partial charge in [-0.2, -0.15) is 4.57 Å². The third kappa shape index (κ3) is 4.55. The maximum Gasteiger partial charge on any atom is 0.294 e. The van der Waals surface area contributed by atoms with Crippen molar-refractivity contribution in [2.45, 2.75) is 12.6 Å². The fourth-order valence-electron chi connectivity index (χ4n) is 3.29. The number of hydrogen-bond acceptors (Lipinski definition) is 2. The van der Waals surface area contributed by atoms with E-state index in [-0.39, 0.29) is 42.3 Å². The number of pyridine rings is 1. The Balaban J connectivity index is 0.00000240. The van der Waals surface area contributed by atoms with Crippen LogP contribution in [0.5, 0.6) is 0 Å². The summed E-state index contributed by atoms with van der Waals surface area (Å²) in [5.41, 5.74) is 1.89. The van der Waals surface area contributed by atoms with E-state index < -0.39 is 6.04 Å². The molecule has 1 aromatic heterocycles. The highest BCUT2D eigenvalue weighted by Crippen LogP contribution is 2.31. The van der Waals surface area contributed by atoms with Gasteiger partial charge in [-0.05, 0) is 42.5 Å². The molecule has 148 valence electrons. The summed E-state index contributed by atoms with van der Waals surface area (Å²) in [4.78, 5) is 27.7. The van der Waals surface area contributed by atoms with Crippen molar-refractivity contribution in [1.29, 1.82) is 0 Å². The van der Waals surface area contributed by atoms with Crippen molar-refractivity contribution >= 4 is 46.4 Å². The molecule has 4 rings (SSSR count). The van der Waals surface area contributed by atoms with E-state index in [1.807, 2.05) is 18.2 Å². The van der Waals surface area contributed by atoms with Crippen molar-refractivity contribution in [1.82, 2.24) is 0 Å². The molecule has 2 heterocycles. The number of carbonyl (C=O) groups excluding carboxylic acids is 2. The van der Waals surface area contributed by atoms with E-state index in [1.165, 1.54) is 4.90 Å². The van der Waals surface area contributed by atoms with E-state index >= 15 is 0 Å². The van der Waals surface area contributed by atoms with Crippen LogP contribution in [0.15, 0.2) is 72.9 Å². The van der Waals surface area contributed by atoms with Crippen LogP contribution in [-0.2, 0) is 16.1 Å². The zero-order valence-electron chi connectivity index (χ0n) is 15.1. The number of hydrogen-bond donors (Lipinski definition) is 1. The lowest BCUT2D eigenvalue weighted by molar-refractivity contribution is -0.695. The summed E-state index contributed by atoms with van der Waals surface area (Å²) in [6.07, 6.45) is 1.80. The molecule has 0 fully saturated rings. The highest BCUT2D eigenvalue weighted by atomic mass is 127. The molecule has 0 aliphatic carbocycles. The first-order valence-corrected chi connectivity index (χ1v) is 9.41. The van der Waals surface area contributed by atoms with Crippen molar-refractivity contribution in [3.05, 3.63) is 88.7 Å². The van der Waals surface area contributed by atoms with Gasteiger partial charge in [-0.15, -0.1) is 0 Å². The van der Waals surface area contributed by atoms with Gasteiger partial charge in [-0.3, -0.25) is 14.5 Å². The lowest BCUT2D eigenvalue weighted by Crippen LogP contribution is -3.00. The Morgan fingerprint density at radius 2 is 1.76 bits per heavy atom. The number of aromatic nitrogens is 1. The van der Waals surface area contributed by atoms with Crippen LogP contribution in [0.4, 0.5) is 11.4 Å². The van der Waals surface area contributed by atoms with E-state index in [2.05, 4.69) is 5.32 Å². The minimum atomic E-state index is -0.836. The van der Waals surface area contributed by atoms with Crippen LogP contribution in [0.2, 0.25) is 10.0 Å². The van der Waals surface area contributed by atoms with Crippen LogP contribution < -0.4 is 38.8 Å². The number of amides is 2. The highest BCUT2D eigenvalue weighted by Gasteiger charge is 2.43. The predicted octanol–water partition coefficient (Wildman–Crippen LogP) is 1.01. The van der Waals surface area contributed by atoms with Crippen molar-refractivity contribution in [3.8, 4) is 0 Å². The molecule has 0 radical (unpaired) electrons. The van der Waals surface area contributed by atoms with Crippen molar-refractivity contribution in [3.63, 3.8) is 0 Å². The third-order valence-corrected chi connectivity index (χ3v) is 5.02. The van der Waals surface area contributed by atoms with Crippen molar-refractivity contribution in [2.24, 2.45) is 0 Å². The van der Waals surface area contributed by atoms with Gasteiger partial charge in [0.25, 0.3) is 11.8 Å². The van der Waals surface area contributed by atoms with Crippen LogP contribution in [0, 0.1) is 0 Å². The van der Waals surface area contributed by atoms with Crippen LogP contribution in [-0.4, -0.2) is 11.8 Å². The zero-order valence-corrected chi connectivity index (χ0v) is 18.7. The fraction of sp³-hybridized carbons (Fsp3) is 0.0952. The summed E-state index contributed by atoms with van der Waals surface area (Å²) in [5, 5.41) is 3.95. The van der Waals surface area contributed by atoms with Gasteiger partial charge in [0.15, 0.2) is 6.20 Å². The summed E-state index contributed by atoms with van der Waals surface area (Å²) < 4.78 is 1.79. The van der Waals surface area contributed by atoms with Gasteiger partial charge < -0.3 is 29.3 Å². The molecular weight excluding hydrogens is 524 g/mol. The predicted molar refractivity (Wildman–Crippen MR) is 108 cm³/mol. The molecule has 3 aromatic rings. The molecule has 1 aliphatic rings. The average Bonchev–Trinajstić information content (AvgIpc) is 2.68. The average molecular weight is 540 g/mol. The standard InChI is InChI=1S/C21H15Cl2N3O2.HI/c22-14-7-9-16(10-8-14)24-21(28)20-18-6-1-2-11-25(18)13-19(27)26(20)17-5-3-4-15(23)12-17;/h1-12,20H,13H2;1H. The molecule has 1 N–H and O–H groups in total. The molecule has 5 nitrogen and oxygen atoms in total. The number of fused-ring (bicyclic) bond motifs is 1. The molecular formula is C21H16Cl2IN3O2. The van der Waals surface area contributed by atoms with Gasteiger partial charge in [-0.1, -0.05) is 35.3 Å². The quantitative estimate of drug-likeness (QED) is 0.399. The minimum Gasteiger partial charge on any atom is -1.00 e. The number of nitrogens with one attached hydrogen (secondary N) is 1. The molecule has 29 heavy (non-hydrogen) atoms. The Labute approximate surface area is 195 Å². The Kier molecular flexibility index (Phi) is 6.77. The highest BCUT2D eigenvalue weighted by molar-refractivity contribution is 6.31. The molecule has 0 saturated carbocycles. The van der Waals surface area contributed by atoms with E-state index in [4.69, 9.17) is 23.2 Å². The summed E-state index contributed by atoms with van der Waals surface area (Å²) >= 11 is 12.0. The second kappa shape index (κ2) is 9.11. The number of halogens is 3. The topological polar surface area (TPSA) is 53.3 Å². The van der Waals surface area contributed by atoms with Gasteiger partial charge in [0.05, 0.1) is 0 Å². The molecule has 0 bridgehead atoms. The Morgan fingerprint density at radius 3 is 2.48 bits per heavy atom. The minimum absolute atomic E-state index is 0. The zero-order chi connectivity index (χ0) is 19.7. The Bertz CT molecular complexity index is 1060. The second-order valence-corrected chi connectivity index (χ2v) is 7.27. The maximum atomic E-state index is 13.2. The first-order valence-electron chi connectivity index (χ1n) is 8.65. The maximum absolute atomic E-state index is 13.2. The SMILES string of the molecule is O=C(Nc1ccc(Cl)cc1)C1c2cccc[n+]2CC(=O)N1c1cccc(Cl)c1.[I-]. The number of anilines is 2. The first-order chi connectivity index (χ1) is 13.5. The Morgan fingerprint density at radius 1 is 1.00 bits per heavy atom. The molecule has 2 amide bonds. The molecule has 0 spiro atoms. The van der Waals surface area contributed by atoms with Crippen LogP contribution in [0.1, 0.15) is 11.7 Å². The van der Waals surface area contributed by atoms with Crippen molar-refractivity contribution in [2.75, 3.05) is 10.2 Å². The fourth-order valence-corrected chi connectivity index (χ4v) is 3.60. The van der Waals surface area contributed by atoms with Gasteiger partial charge in [-0.25, -0.2) is 0 Å². The number of rotatable bonds is 3. The summed E-state index contributed by atoms with van der Waals surface area (Å²) in [6.45, 7) is 0.146. The van der Waals surface area contributed by atoms with Gasteiger partial charge in [0, 0.05) is 33.6 Å². The molecule has 2 aromatic carbocycles. The molecule has 1 atom stereocenters. The second-order valence-electron chi connectivity index (χ2n) is 6.40. The van der Waals surface area contributed by atoms with E-state index in [1.54, 1.807) is 59.3 Å². The van der Waals surface area contributed by atoms with Crippen molar-refractivity contribution < 1.29 is 38.1 Å². The smallest absolute Gasteiger partial charge is 0.294 e. The van der Waals surface area contributed by atoms with E-state index in [0.717, 1.165) is 0 Å². The van der Waals surface area contributed by atoms with Crippen LogP contribution >= 0.6 is 23.2 Å². The van der Waals surface area contributed by atoms with Gasteiger partial charge in [0.1, 0.15) is 0 Å². The third-order valence-electron chi connectivity index (χ3n) is 4.53. The summed E-state index contributed by atoms with van der Waals surface area (Å²) in [5.74, 6) is -0.516. The number of carbonyl (C=O) groups is 2. The monoisotopic (exact) mass is 539 g/mol. The number of nitrogens with zero attached hydrogens (tertiary/aromatic N) is 2. The first kappa shape index (κ1) is 21.5. The summed E-state index contributed by atoms with van der Waals surface area (Å²) in [7, 11) is 0. The molecule has 1 unspecified atom stereocenters.